The van der Waals surface area contributed by atoms with Crippen LogP contribution in [0.3, 0.4) is 0 Å². The first-order chi connectivity index (χ1) is 16.4. The van der Waals surface area contributed by atoms with Gasteiger partial charge in [0.25, 0.3) is 5.56 Å². The van der Waals surface area contributed by atoms with Crippen LogP contribution < -0.4 is 20.3 Å². The third-order valence-corrected chi connectivity index (χ3v) is 5.50. The Labute approximate surface area is 197 Å². The molecule has 34 heavy (non-hydrogen) atoms. The van der Waals surface area contributed by atoms with Crippen LogP contribution in [-0.4, -0.2) is 46.0 Å². The first kappa shape index (κ1) is 23.0. The molecule has 0 radical (unpaired) electrons. The highest BCUT2D eigenvalue weighted by Crippen LogP contribution is 2.27. The Morgan fingerprint density at radius 3 is 2.47 bits per heavy atom. The molecule has 9 heteroatoms. The summed E-state index contributed by atoms with van der Waals surface area (Å²) in [5, 5.41) is 7.57. The van der Waals surface area contributed by atoms with Crippen LogP contribution >= 0.6 is 0 Å². The van der Waals surface area contributed by atoms with Crippen molar-refractivity contribution in [3.63, 3.8) is 0 Å². The number of hydrogen-bond donors (Lipinski definition) is 1. The second kappa shape index (κ2) is 9.78. The summed E-state index contributed by atoms with van der Waals surface area (Å²) in [4.78, 5) is 29.8. The van der Waals surface area contributed by atoms with Crippen molar-refractivity contribution in [2.24, 2.45) is 0 Å². The second-order valence-electron chi connectivity index (χ2n) is 8.11. The number of aryl methyl sites for hydroxylation is 2. The monoisotopic (exact) mass is 461 g/mol. The van der Waals surface area contributed by atoms with Crippen LogP contribution in [0.2, 0.25) is 0 Å². The summed E-state index contributed by atoms with van der Waals surface area (Å²) < 4.78 is 13.5. The number of carbonyl (C=O) groups excluding carboxylic acids is 1. The number of hydrogen-bond acceptors (Lipinski definition) is 6. The topological polar surface area (TPSA) is 100 Å². The molecule has 4 aromatic rings. The maximum atomic E-state index is 12.9. The van der Waals surface area contributed by atoms with E-state index in [1.54, 1.807) is 18.9 Å². The summed E-state index contributed by atoms with van der Waals surface area (Å²) in [6.07, 6.45) is 3.49. The first-order valence-corrected chi connectivity index (χ1v) is 10.9. The van der Waals surface area contributed by atoms with Crippen LogP contribution in [0.5, 0.6) is 11.5 Å². The third-order valence-electron chi connectivity index (χ3n) is 5.50. The maximum absolute atomic E-state index is 12.9. The van der Waals surface area contributed by atoms with Gasteiger partial charge < -0.3 is 14.8 Å². The number of methoxy groups -OCH3 is 2. The van der Waals surface area contributed by atoms with E-state index in [-0.39, 0.29) is 18.0 Å². The molecule has 2 heterocycles. The number of ether oxygens (including phenoxy) is 2. The van der Waals surface area contributed by atoms with Gasteiger partial charge in [0.05, 0.1) is 26.1 Å². The number of nitrogens with zero attached hydrogens (tertiary/aromatic N) is 4. The van der Waals surface area contributed by atoms with Crippen molar-refractivity contribution >= 4 is 16.9 Å². The molecule has 1 N–H and O–H groups in total. The molecule has 9 nitrogen and oxygen atoms in total. The highest BCUT2D eigenvalue weighted by Gasteiger charge is 2.14. The molecule has 1 amide bonds. The van der Waals surface area contributed by atoms with Gasteiger partial charge >= 0.3 is 0 Å². The number of benzene rings is 2. The van der Waals surface area contributed by atoms with Crippen molar-refractivity contribution in [1.82, 2.24) is 24.6 Å². The van der Waals surface area contributed by atoms with E-state index >= 15 is 0 Å². The summed E-state index contributed by atoms with van der Waals surface area (Å²) in [6.45, 7) is 4.31. The molecule has 0 fully saturated rings. The number of aromatic nitrogens is 4. The molecular weight excluding hydrogens is 434 g/mol. The summed E-state index contributed by atoms with van der Waals surface area (Å²) in [5.74, 6) is 1.02. The zero-order chi connectivity index (χ0) is 24.2. The lowest BCUT2D eigenvalue weighted by Crippen LogP contribution is -2.33. The lowest BCUT2D eigenvalue weighted by molar-refractivity contribution is -0.121. The smallest absolute Gasteiger partial charge is 0.264 e. The van der Waals surface area contributed by atoms with Gasteiger partial charge in [0.15, 0.2) is 17.1 Å². The molecule has 0 atom stereocenters. The van der Waals surface area contributed by atoms with Crippen molar-refractivity contribution in [3.8, 4) is 17.2 Å². The van der Waals surface area contributed by atoms with E-state index in [1.807, 2.05) is 44.2 Å². The molecule has 4 rings (SSSR count). The van der Waals surface area contributed by atoms with E-state index in [2.05, 4.69) is 21.5 Å². The normalized spacial score (nSPS) is 10.9. The fourth-order valence-electron chi connectivity index (χ4n) is 3.92. The van der Waals surface area contributed by atoms with E-state index in [4.69, 9.17) is 9.47 Å². The largest absolute Gasteiger partial charge is 0.493 e. The van der Waals surface area contributed by atoms with Crippen molar-refractivity contribution in [1.29, 1.82) is 0 Å². The van der Waals surface area contributed by atoms with Crippen molar-refractivity contribution in [2.45, 2.75) is 26.8 Å². The molecule has 0 spiro atoms. The van der Waals surface area contributed by atoms with Crippen molar-refractivity contribution in [2.75, 3.05) is 20.8 Å². The van der Waals surface area contributed by atoms with Crippen LogP contribution in [0, 0.1) is 13.8 Å². The van der Waals surface area contributed by atoms with Gasteiger partial charge in [-0.05, 0) is 61.2 Å². The van der Waals surface area contributed by atoms with Gasteiger partial charge in [0, 0.05) is 6.54 Å². The Morgan fingerprint density at radius 1 is 1.03 bits per heavy atom. The van der Waals surface area contributed by atoms with Crippen LogP contribution in [0.25, 0.3) is 16.7 Å². The molecule has 0 saturated heterocycles. The SMILES string of the molecule is COc1ccc(CCNC(=O)Cn2cnc3c(cnn3-c3cc(C)cc(C)c3)c2=O)cc1OC. The minimum Gasteiger partial charge on any atom is -0.493 e. The zero-order valence-electron chi connectivity index (χ0n) is 19.7. The third kappa shape index (κ3) is 4.78. The van der Waals surface area contributed by atoms with Gasteiger partial charge in [0.2, 0.25) is 5.91 Å². The summed E-state index contributed by atoms with van der Waals surface area (Å²) in [7, 11) is 3.16. The quantitative estimate of drug-likeness (QED) is 0.433. The average Bonchev–Trinajstić information content (AvgIpc) is 3.25. The van der Waals surface area contributed by atoms with E-state index in [0.717, 1.165) is 22.4 Å². The fraction of sp³-hybridized carbons (Fsp3) is 0.280. The van der Waals surface area contributed by atoms with Gasteiger partial charge in [0.1, 0.15) is 18.3 Å². The highest BCUT2D eigenvalue weighted by molar-refractivity contribution is 5.78. The molecule has 2 aromatic heterocycles. The number of nitrogens with one attached hydrogen (secondary N) is 1. The van der Waals surface area contributed by atoms with Gasteiger partial charge in [-0.3, -0.25) is 14.2 Å². The number of carbonyl (C=O) groups is 1. The Morgan fingerprint density at radius 2 is 1.76 bits per heavy atom. The predicted molar refractivity (Wildman–Crippen MR) is 129 cm³/mol. The predicted octanol–water partition coefficient (Wildman–Crippen LogP) is 2.58. The van der Waals surface area contributed by atoms with E-state index in [1.165, 1.54) is 17.1 Å². The van der Waals surface area contributed by atoms with Crippen LogP contribution in [0.4, 0.5) is 0 Å². The van der Waals surface area contributed by atoms with Crippen molar-refractivity contribution < 1.29 is 14.3 Å². The van der Waals surface area contributed by atoms with E-state index in [9.17, 15) is 9.59 Å². The van der Waals surface area contributed by atoms with E-state index < -0.39 is 0 Å². The lowest BCUT2D eigenvalue weighted by atomic mass is 10.1. The van der Waals surface area contributed by atoms with Gasteiger partial charge in [-0.25, -0.2) is 9.67 Å². The molecule has 0 aliphatic carbocycles. The molecule has 0 unspecified atom stereocenters. The summed E-state index contributed by atoms with van der Waals surface area (Å²) in [5.41, 5.74) is 4.17. The van der Waals surface area contributed by atoms with Gasteiger partial charge in [-0.2, -0.15) is 5.10 Å². The molecule has 0 bridgehead atoms. The molecular formula is C25H27N5O4. The van der Waals surface area contributed by atoms with Crippen LogP contribution in [-0.2, 0) is 17.8 Å². The summed E-state index contributed by atoms with van der Waals surface area (Å²) >= 11 is 0. The molecule has 0 saturated carbocycles. The van der Waals surface area contributed by atoms with Crippen molar-refractivity contribution in [3.05, 3.63) is 76.0 Å². The van der Waals surface area contributed by atoms with Gasteiger partial charge in [-0.1, -0.05) is 12.1 Å². The minimum absolute atomic E-state index is 0.123. The number of rotatable bonds is 8. The zero-order valence-corrected chi connectivity index (χ0v) is 19.7. The lowest BCUT2D eigenvalue weighted by Gasteiger charge is -2.10. The Balaban J connectivity index is 1.44. The van der Waals surface area contributed by atoms with Crippen LogP contribution in [0.15, 0.2) is 53.7 Å². The molecule has 176 valence electrons. The van der Waals surface area contributed by atoms with Crippen LogP contribution in [0.1, 0.15) is 16.7 Å². The Hall–Kier alpha value is -4.14. The number of fused-ring (bicyclic) bond motifs is 1. The average molecular weight is 462 g/mol. The Bertz CT molecular complexity index is 1390. The standard InChI is InChI=1S/C25H27N5O4/c1-16-9-17(2)11-19(10-16)30-24-20(13-28-30)25(32)29(15-27-24)14-23(31)26-8-7-18-5-6-21(33-3)22(12-18)34-4/h5-6,9-13,15H,7-8,14H2,1-4H3,(H,26,31). The summed E-state index contributed by atoms with van der Waals surface area (Å²) in [6, 6.07) is 11.7. The second-order valence-corrected chi connectivity index (χ2v) is 8.11. The minimum atomic E-state index is -0.310. The maximum Gasteiger partial charge on any atom is 0.264 e. The van der Waals surface area contributed by atoms with E-state index in [0.29, 0.717) is 35.5 Å². The molecule has 2 aromatic carbocycles. The number of amides is 1. The molecule has 0 aliphatic rings. The first-order valence-electron chi connectivity index (χ1n) is 10.9. The molecule has 0 aliphatic heterocycles. The van der Waals surface area contributed by atoms with Gasteiger partial charge in [-0.15, -0.1) is 0 Å². The Kier molecular flexibility index (Phi) is 6.62. The highest BCUT2D eigenvalue weighted by atomic mass is 16.5. The fourth-order valence-corrected chi connectivity index (χ4v) is 3.92.